The highest BCUT2D eigenvalue weighted by Gasteiger charge is 2.39. The Morgan fingerprint density at radius 2 is 2.00 bits per heavy atom. The number of rotatable bonds is 4. The van der Waals surface area contributed by atoms with E-state index in [9.17, 15) is 19.1 Å². The molecule has 152 valence electrons. The van der Waals surface area contributed by atoms with Gasteiger partial charge in [-0.15, -0.1) is 0 Å². The van der Waals surface area contributed by atoms with Crippen LogP contribution in [0.1, 0.15) is 24.4 Å². The third-order valence-electron chi connectivity index (χ3n) is 5.85. The van der Waals surface area contributed by atoms with Crippen molar-refractivity contribution in [2.45, 2.75) is 38.0 Å². The molecule has 2 aliphatic rings. The normalized spacial score (nSPS) is 23.5. The Bertz CT molecular complexity index is 1060. The summed E-state index contributed by atoms with van der Waals surface area (Å²) in [5, 5.41) is 9.18. The van der Waals surface area contributed by atoms with Gasteiger partial charge in [0.1, 0.15) is 6.17 Å². The smallest absolute Gasteiger partial charge is 0.329 e. The van der Waals surface area contributed by atoms with Crippen LogP contribution in [-0.2, 0) is 0 Å². The van der Waals surface area contributed by atoms with Gasteiger partial charge in [-0.1, -0.05) is 0 Å². The number of aromatic nitrogens is 2. The molecule has 6 N–H and O–H groups in total. The van der Waals surface area contributed by atoms with Crippen LogP contribution in [0.2, 0.25) is 0 Å². The maximum absolute atomic E-state index is 15.2. The Morgan fingerprint density at radius 1 is 1.32 bits per heavy atom. The Morgan fingerprint density at radius 3 is 2.61 bits per heavy atom. The van der Waals surface area contributed by atoms with Gasteiger partial charge in [0.05, 0.1) is 28.9 Å². The number of aliphatic hydroxyl groups excluding tert-OH is 1. The van der Waals surface area contributed by atoms with Gasteiger partial charge in [0.25, 0.3) is 5.56 Å². The summed E-state index contributed by atoms with van der Waals surface area (Å²) in [6.45, 7) is 1.21. The molecule has 10 heteroatoms. The van der Waals surface area contributed by atoms with Crippen LogP contribution >= 0.6 is 0 Å². The van der Waals surface area contributed by atoms with Crippen LogP contribution < -0.4 is 27.6 Å². The summed E-state index contributed by atoms with van der Waals surface area (Å²) in [7, 11) is 0. The molecule has 3 unspecified atom stereocenters. The number of anilines is 2. The highest BCUT2D eigenvalue weighted by Crippen LogP contribution is 2.41. The van der Waals surface area contributed by atoms with Crippen molar-refractivity contribution in [2.75, 3.05) is 30.3 Å². The molecular weight excluding hydrogens is 372 g/mol. The molecule has 1 aromatic carbocycles. The zero-order chi connectivity index (χ0) is 20.3. The fourth-order valence-corrected chi connectivity index (χ4v) is 4.25. The second kappa shape index (κ2) is 6.56. The third kappa shape index (κ3) is 2.70. The van der Waals surface area contributed by atoms with E-state index in [1.54, 1.807) is 6.92 Å². The van der Waals surface area contributed by atoms with E-state index in [1.165, 1.54) is 9.47 Å². The predicted octanol–water partition coefficient (Wildman–Crippen LogP) is 0.148. The number of nitrogens with one attached hydrogen (secondary N) is 1. The summed E-state index contributed by atoms with van der Waals surface area (Å²) in [6.07, 6.45) is 0.204. The first-order valence-corrected chi connectivity index (χ1v) is 9.27. The Labute approximate surface area is 158 Å². The van der Waals surface area contributed by atoms with Crippen LogP contribution in [0.3, 0.4) is 0 Å². The quantitative estimate of drug-likeness (QED) is 0.545. The number of halogens is 2. The summed E-state index contributed by atoms with van der Waals surface area (Å²) >= 11 is 0. The van der Waals surface area contributed by atoms with E-state index in [1.807, 2.05) is 0 Å². The summed E-state index contributed by atoms with van der Waals surface area (Å²) in [5.41, 5.74) is 10.8. The molecule has 2 fully saturated rings. The van der Waals surface area contributed by atoms with Crippen LogP contribution in [0.15, 0.2) is 9.59 Å². The SMILES string of the molecule is Cc1c(N2CC(F)C(C(N)CO)C2)c(F)c(N)c2c(=O)[nH]c(=O)n(C3CC3)c12. The lowest BCUT2D eigenvalue weighted by Crippen LogP contribution is -2.39. The van der Waals surface area contributed by atoms with Crippen LogP contribution in [0.4, 0.5) is 20.2 Å². The van der Waals surface area contributed by atoms with Crippen molar-refractivity contribution in [1.82, 2.24) is 9.55 Å². The van der Waals surface area contributed by atoms with E-state index < -0.39 is 35.2 Å². The van der Waals surface area contributed by atoms with E-state index in [4.69, 9.17) is 11.5 Å². The van der Waals surface area contributed by atoms with Crippen LogP contribution in [0.25, 0.3) is 10.9 Å². The third-order valence-corrected chi connectivity index (χ3v) is 5.85. The van der Waals surface area contributed by atoms with E-state index >= 15 is 4.39 Å². The zero-order valence-corrected chi connectivity index (χ0v) is 15.4. The zero-order valence-electron chi connectivity index (χ0n) is 15.4. The molecule has 1 aliphatic heterocycles. The van der Waals surface area contributed by atoms with Crippen molar-refractivity contribution in [3.8, 4) is 0 Å². The number of nitrogen functional groups attached to an aromatic ring is 1. The van der Waals surface area contributed by atoms with E-state index in [2.05, 4.69) is 4.98 Å². The number of aromatic amines is 1. The van der Waals surface area contributed by atoms with Crippen LogP contribution in [0.5, 0.6) is 0 Å². The van der Waals surface area contributed by atoms with Crippen molar-refractivity contribution in [3.63, 3.8) is 0 Å². The van der Waals surface area contributed by atoms with Gasteiger partial charge < -0.3 is 21.5 Å². The average molecular weight is 395 g/mol. The first-order valence-electron chi connectivity index (χ1n) is 9.27. The molecule has 1 saturated heterocycles. The second-order valence-corrected chi connectivity index (χ2v) is 7.72. The molecule has 0 spiro atoms. The molecule has 4 rings (SSSR count). The lowest BCUT2D eigenvalue weighted by Gasteiger charge is -2.25. The molecule has 1 saturated carbocycles. The molecule has 28 heavy (non-hydrogen) atoms. The first-order chi connectivity index (χ1) is 13.3. The van der Waals surface area contributed by atoms with Crippen molar-refractivity contribution >= 4 is 22.3 Å². The van der Waals surface area contributed by atoms with Gasteiger partial charge in [0, 0.05) is 36.7 Å². The van der Waals surface area contributed by atoms with Crippen molar-refractivity contribution < 1.29 is 13.9 Å². The average Bonchev–Trinajstić information content (AvgIpc) is 3.40. The van der Waals surface area contributed by atoms with Crippen molar-refractivity contribution in [3.05, 3.63) is 32.2 Å². The largest absolute Gasteiger partial charge is 0.396 e. The maximum atomic E-state index is 15.2. The van der Waals surface area contributed by atoms with Gasteiger partial charge in [-0.3, -0.25) is 14.3 Å². The van der Waals surface area contributed by atoms with Crippen LogP contribution in [0, 0.1) is 18.7 Å². The molecule has 8 nitrogen and oxygen atoms in total. The monoisotopic (exact) mass is 395 g/mol. The number of aryl methyl sites for hydroxylation is 1. The number of alkyl halides is 1. The minimum absolute atomic E-state index is 0.0649. The number of aliphatic hydroxyl groups is 1. The lowest BCUT2D eigenvalue weighted by molar-refractivity contribution is 0.184. The molecular formula is C18H23F2N5O3. The van der Waals surface area contributed by atoms with Crippen molar-refractivity contribution in [1.29, 1.82) is 0 Å². The Kier molecular flexibility index (Phi) is 4.42. The maximum Gasteiger partial charge on any atom is 0.329 e. The number of hydrogen-bond donors (Lipinski definition) is 4. The highest BCUT2D eigenvalue weighted by molar-refractivity contribution is 5.97. The summed E-state index contributed by atoms with van der Waals surface area (Å²) in [5.74, 6) is -1.48. The minimum atomic E-state index is -1.34. The Hall–Kier alpha value is -2.46. The molecule has 2 heterocycles. The van der Waals surface area contributed by atoms with E-state index in [-0.39, 0.29) is 48.0 Å². The summed E-state index contributed by atoms with van der Waals surface area (Å²) in [4.78, 5) is 28.5. The van der Waals surface area contributed by atoms with Crippen LogP contribution in [-0.4, -0.2) is 46.6 Å². The number of nitrogens with zero attached hydrogens (tertiary/aromatic N) is 2. The van der Waals surface area contributed by atoms with Crippen molar-refractivity contribution in [2.24, 2.45) is 11.7 Å². The number of nitrogens with two attached hydrogens (primary N) is 2. The topological polar surface area (TPSA) is 130 Å². The second-order valence-electron chi connectivity index (χ2n) is 7.72. The van der Waals surface area contributed by atoms with Gasteiger partial charge in [0.15, 0.2) is 5.82 Å². The molecule has 1 aliphatic carbocycles. The number of H-pyrrole nitrogens is 1. The van der Waals surface area contributed by atoms with E-state index in [0.29, 0.717) is 5.56 Å². The molecule has 0 radical (unpaired) electrons. The molecule has 2 aromatic rings. The summed E-state index contributed by atoms with van der Waals surface area (Å²) < 4.78 is 31.1. The van der Waals surface area contributed by atoms with Gasteiger partial charge in [0.2, 0.25) is 0 Å². The van der Waals surface area contributed by atoms with Gasteiger partial charge in [-0.2, -0.15) is 0 Å². The fraction of sp³-hybridized carbons (Fsp3) is 0.556. The number of fused-ring (bicyclic) bond motifs is 1. The molecule has 0 amide bonds. The molecule has 3 atom stereocenters. The molecule has 1 aromatic heterocycles. The predicted molar refractivity (Wildman–Crippen MR) is 102 cm³/mol. The summed E-state index contributed by atoms with van der Waals surface area (Å²) in [6, 6.07) is -0.847. The van der Waals surface area contributed by atoms with Gasteiger partial charge in [-0.05, 0) is 19.8 Å². The highest BCUT2D eigenvalue weighted by atomic mass is 19.1. The standard InChI is InChI=1S/C18H23F2N5O3/c1-7-15-12(17(27)23-18(28)25(15)8-2-3-8)14(22)13(20)16(7)24-4-9(10(19)5-24)11(21)6-26/h8-11,26H,2-6,21-22H2,1H3,(H,23,27,28). The number of benzene rings is 1. The minimum Gasteiger partial charge on any atom is -0.396 e. The van der Waals surface area contributed by atoms with E-state index in [0.717, 1.165) is 12.8 Å². The first kappa shape index (κ1) is 18.9. The Balaban J connectivity index is 1.95. The van der Waals surface area contributed by atoms with Gasteiger partial charge >= 0.3 is 5.69 Å². The molecule has 0 bridgehead atoms. The lowest BCUT2D eigenvalue weighted by atomic mass is 9.99. The van der Waals surface area contributed by atoms with Gasteiger partial charge in [-0.25, -0.2) is 13.6 Å². The number of hydrogen-bond acceptors (Lipinski definition) is 6. The fourth-order valence-electron chi connectivity index (χ4n) is 4.25.